The van der Waals surface area contributed by atoms with Gasteiger partial charge in [0.25, 0.3) is 0 Å². The van der Waals surface area contributed by atoms with Crippen LogP contribution in [0.3, 0.4) is 0 Å². The molecular weight excluding hydrogens is 222 g/mol. The molecule has 0 unspecified atom stereocenters. The van der Waals surface area contributed by atoms with Crippen LogP contribution >= 0.6 is 0 Å². The van der Waals surface area contributed by atoms with Gasteiger partial charge in [-0.1, -0.05) is 12.1 Å². The fraction of sp³-hybridized carbons (Fsp3) is 0.273. The SMILES string of the molecule is NCC(=O)Nc1ccccc1OCCC(N)=O. The minimum atomic E-state index is -0.437. The van der Waals surface area contributed by atoms with E-state index < -0.39 is 5.91 Å². The highest BCUT2D eigenvalue weighted by Crippen LogP contribution is 2.23. The number of para-hydroxylation sites is 2. The van der Waals surface area contributed by atoms with Crippen LogP contribution in [-0.2, 0) is 9.59 Å². The number of carbonyl (C=O) groups excluding carboxylic acids is 2. The molecule has 0 atom stereocenters. The fourth-order valence-electron chi connectivity index (χ4n) is 1.16. The van der Waals surface area contributed by atoms with Gasteiger partial charge in [0.05, 0.1) is 25.3 Å². The molecule has 5 N–H and O–H groups in total. The molecule has 17 heavy (non-hydrogen) atoms. The van der Waals surface area contributed by atoms with Gasteiger partial charge < -0.3 is 21.5 Å². The molecule has 0 aliphatic heterocycles. The van der Waals surface area contributed by atoms with Crippen LogP contribution in [0.4, 0.5) is 5.69 Å². The van der Waals surface area contributed by atoms with Crippen molar-refractivity contribution in [3.05, 3.63) is 24.3 Å². The van der Waals surface area contributed by atoms with Crippen LogP contribution in [0.15, 0.2) is 24.3 Å². The van der Waals surface area contributed by atoms with Crippen molar-refractivity contribution in [3.8, 4) is 5.75 Å². The lowest BCUT2D eigenvalue weighted by atomic mass is 10.3. The number of primary amides is 1. The molecule has 2 amide bonds. The van der Waals surface area contributed by atoms with Gasteiger partial charge in [0, 0.05) is 0 Å². The van der Waals surface area contributed by atoms with Crippen molar-refractivity contribution < 1.29 is 14.3 Å². The fourth-order valence-corrected chi connectivity index (χ4v) is 1.16. The number of nitrogens with two attached hydrogens (primary N) is 2. The van der Waals surface area contributed by atoms with E-state index in [1.807, 2.05) is 0 Å². The number of amides is 2. The van der Waals surface area contributed by atoms with Crippen molar-refractivity contribution in [1.82, 2.24) is 0 Å². The molecule has 1 aromatic rings. The lowest BCUT2D eigenvalue weighted by molar-refractivity contribution is -0.118. The summed E-state index contributed by atoms with van der Waals surface area (Å²) in [6.07, 6.45) is 0.124. The predicted molar refractivity (Wildman–Crippen MR) is 63.4 cm³/mol. The van der Waals surface area contributed by atoms with Crippen LogP contribution in [0.25, 0.3) is 0 Å². The van der Waals surface area contributed by atoms with Crippen LogP contribution < -0.4 is 21.5 Å². The first-order valence-corrected chi connectivity index (χ1v) is 5.13. The molecule has 0 saturated carbocycles. The monoisotopic (exact) mass is 237 g/mol. The Morgan fingerprint density at radius 3 is 2.65 bits per heavy atom. The zero-order valence-electron chi connectivity index (χ0n) is 9.31. The number of hydrogen-bond acceptors (Lipinski definition) is 4. The van der Waals surface area contributed by atoms with Gasteiger partial charge >= 0.3 is 0 Å². The Bertz CT molecular complexity index is 407. The third kappa shape index (κ3) is 4.52. The molecule has 0 aliphatic rings. The van der Waals surface area contributed by atoms with Gasteiger partial charge in [-0.15, -0.1) is 0 Å². The van der Waals surface area contributed by atoms with Crippen LogP contribution in [0.2, 0.25) is 0 Å². The third-order valence-electron chi connectivity index (χ3n) is 1.95. The highest BCUT2D eigenvalue weighted by Gasteiger charge is 2.06. The summed E-state index contributed by atoms with van der Waals surface area (Å²) in [5.74, 6) is -0.264. The molecule has 92 valence electrons. The first kappa shape index (κ1) is 13.0. The minimum absolute atomic E-state index is 0.102. The van der Waals surface area contributed by atoms with Crippen molar-refractivity contribution >= 4 is 17.5 Å². The summed E-state index contributed by atoms with van der Waals surface area (Å²) in [6.45, 7) is 0.0699. The Labute approximate surface area is 98.9 Å². The lowest BCUT2D eigenvalue weighted by Gasteiger charge is -2.11. The van der Waals surface area contributed by atoms with E-state index in [1.165, 1.54) is 0 Å². The van der Waals surface area contributed by atoms with Gasteiger partial charge in [-0.2, -0.15) is 0 Å². The standard InChI is InChI=1S/C11H15N3O3/c12-7-11(16)14-8-3-1-2-4-9(8)17-6-5-10(13)15/h1-4H,5-7,12H2,(H2,13,15)(H,14,16). The minimum Gasteiger partial charge on any atom is -0.491 e. The highest BCUT2D eigenvalue weighted by molar-refractivity contribution is 5.93. The van der Waals surface area contributed by atoms with E-state index in [1.54, 1.807) is 24.3 Å². The molecule has 0 aliphatic carbocycles. The molecule has 0 aromatic heterocycles. The average molecular weight is 237 g/mol. The summed E-state index contributed by atoms with van der Waals surface area (Å²) in [6, 6.07) is 6.89. The zero-order chi connectivity index (χ0) is 12.7. The van der Waals surface area contributed by atoms with E-state index in [4.69, 9.17) is 16.2 Å². The molecule has 0 bridgehead atoms. The van der Waals surface area contributed by atoms with Crippen molar-refractivity contribution in [1.29, 1.82) is 0 Å². The van der Waals surface area contributed by atoms with E-state index in [9.17, 15) is 9.59 Å². The van der Waals surface area contributed by atoms with E-state index in [2.05, 4.69) is 5.32 Å². The summed E-state index contributed by atoms with van der Waals surface area (Å²) < 4.78 is 5.34. The van der Waals surface area contributed by atoms with Crippen LogP contribution in [0.1, 0.15) is 6.42 Å². The molecule has 1 rings (SSSR count). The van der Waals surface area contributed by atoms with Gasteiger partial charge in [-0.05, 0) is 12.1 Å². The van der Waals surface area contributed by atoms with Crippen molar-refractivity contribution in [3.63, 3.8) is 0 Å². The number of ether oxygens (including phenoxy) is 1. The van der Waals surface area contributed by atoms with E-state index in [-0.39, 0.29) is 25.5 Å². The normalized spacial score (nSPS) is 9.71. The molecule has 1 aromatic carbocycles. The molecule has 0 spiro atoms. The molecule has 0 heterocycles. The number of anilines is 1. The van der Waals surface area contributed by atoms with Gasteiger partial charge in [0.2, 0.25) is 11.8 Å². The summed E-state index contributed by atoms with van der Waals surface area (Å²) >= 11 is 0. The Balaban J connectivity index is 2.64. The summed E-state index contributed by atoms with van der Waals surface area (Å²) in [5, 5.41) is 2.59. The maximum absolute atomic E-state index is 11.1. The number of nitrogens with one attached hydrogen (secondary N) is 1. The number of rotatable bonds is 6. The summed E-state index contributed by atoms with van der Waals surface area (Å²) in [7, 11) is 0. The van der Waals surface area contributed by atoms with Crippen LogP contribution in [0, 0.1) is 0 Å². The van der Waals surface area contributed by atoms with Crippen molar-refractivity contribution in [2.45, 2.75) is 6.42 Å². The first-order chi connectivity index (χ1) is 8.13. The second-order valence-corrected chi connectivity index (χ2v) is 3.31. The van der Waals surface area contributed by atoms with Crippen LogP contribution in [0.5, 0.6) is 5.75 Å². The summed E-state index contributed by atoms with van der Waals surface area (Å²) in [4.78, 5) is 21.7. The number of hydrogen-bond donors (Lipinski definition) is 3. The predicted octanol–water partition coefficient (Wildman–Crippen LogP) is -0.162. The maximum Gasteiger partial charge on any atom is 0.238 e. The average Bonchev–Trinajstić information content (AvgIpc) is 2.30. The first-order valence-electron chi connectivity index (χ1n) is 5.13. The van der Waals surface area contributed by atoms with Gasteiger partial charge in [-0.3, -0.25) is 9.59 Å². The molecule has 6 nitrogen and oxygen atoms in total. The second-order valence-electron chi connectivity index (χ2n) is 3.31. The van der Waals surface area contributed by atoms with Crippen LogP contribution in [-0.4, -0.2) is 25.0 Å². The van der Waals surface area contributed by atoms with E-state index in [0.29, 0.717) is 11.4 Å². The number of carbonyl (C=O) groups is 2. The quantitative estimate of drug-likeness (QED) is 0.638. The third-order valence-corrected chi connectivity index (χ3v) is 1.95. The Morgan fingerprint density at radius 2 is 2.00 bits per heavy atom. The lowest BCUT2D eigenvalue weighted by Crippen LogP contribution is -2.22. The molecule has 0 saturated heterocycles. The van der Waals surface area contributed by atoms with Gasteiger partial charge in [0.1, 0.15) is 5.75 Å². The van der Waals surface area contributed by atoms with Gasteiger partial charge in [0.15, 0.2) is 0 Å². The van der Waals surface area contributed by atoms with Gasteiger partial charge in [-0.25, -0.2) is 0 Å². The van der Waals surface area contributed by atoms with Crippen molar-refractivity contribution in [2.24, 2.45) is 11.5 Å². The topological polar surface area (TPSA) is 107 Å². The number of benzene rings is 1. The Hall–Kier alpha value is -2.08. The Kier molecular flexibility index (Phi) is 4.96. The van der Waals surface area contributed by atoms with E-state index >= 15 is 0 Å². The van der Waals surface area contributed by atoms with Crippen molar-refractivity contribution in [2.75, 3.05) is 18.5 Å². The molecule has 0 fully saturated rings. The summed E-state index contributed by atoms with van der Waals surface area (Å²) in [5.41, 5.74) is 10.7. The molecule has 0 radical (unpaired) electrons. The van der Waals surface area contributed by atoms with E-state index in [0.717, 1.165) is 0 Å². The second kappa shape index (κ2) is 6.49. The smallest absolute Gasteiger partial charge is 0.238 e. The largest absolute Gasteiger partial charge is 0.491 e. The molecule has 6 heteroatoms. The molecular formula is C11H15N3O3. The highest BCUT2D eigenvalue weighted by atomic mass is 16.5. The zero-order valence-corrected chi connectivity index (χ0v) is 9.31. The maximum atomic E-state index is 11.1. The Morgan fingerprint density at radius 1 is 1.29 bits per heavy atom.